The number of hydrogen-bond acceptors (Lipinski definition) is 8. The van der Waals surface area contributed by atoms with Gasteiger partial charge in [-0.1, -0.05) is 51.4 Å². The van der Waals surface area contributed by atoms with E-state index in [1.165, 1.54) is 6.20 Å². The highest BCUT2D eigenvalue weighted by Crippen LogP contribution is 2.19. The van der Waals surface area contributed by atoms with Crippen LogP contribution in [-0.4, -0.2) is 58.9 Å². The van der Waals surface area contributed by atoms with Crippen molar-refractivity contribution in [2.75, 3.05) is 31.6 Å². The van der Waals surface area contributed by atoms with E-state index < -0.39 is 5.91 Å². The molecule has 1 saturated heterocycles. The number of amidine groups is 1. The number of aromatic nitrogens is 2. The van der Waals surface area contributed by atoms with Crippen molar-refractivity contribution >= 4 is 46.6 Å². The Morgan fingerprint density at radius 1 is 1.32 bits per heavy atom. The number of thiazole rings is 1. The van der Waals surface area contributed by atoms with Crippen molar-refractivity contribution in [2.24, 2.45) is 5.73 Å². The summed E-state index contributed by atoms with van der Waals surface area (Å²) in [6, 6.07) is 3.46. The number of aryl methyl sites for hydroxylation is 1. The molecule has 0 saturated carbocycles. The maximum absolute atomic E-state index is 12.3. The molecule has 1 fully saturated rings. The number of carbonyl (C=O) groups is 2. The molecule has 0 bridgehead atoms. The number of nitrogens with zero attached hydrogens (tertiary/aromatic N) is 3. The number of carbonyl (C=O) groups excluding carboxylic acids is 2. The Morgan fingerprint density at radius 3 is 2.51 bits per heavy atom. The van der Waals surface area contributed by atoms with E-state index in [9.17, 15) is 9.59 Å². The topological polar surface area (TPSA) is 146 Å². The zero-order chi connectivity index (χ0) is 28.2. The first-order valence-electron chi connectivity index (χ1n) is 11.9. The molecule has 2 aromatic rings. The van der Waals surface area contributed by atoms with Gasteiger partial charge in [0.25, 0.3) is 17.8 Å². The average Bonchev–Trinajstić information content (AvgIpc) is 3.48. The number of rotatable bonds is 7. The van der Waals surface area contributed by atoms with Gasteiger partial charge in [0.05, 0.1) is 16.6 Å². The Hall–Kier alpha value is -3.28. The van der Waals surface area contributed by atoms with Crippen LogP contribution >= 0.6 is 22.9 Å². The monoisotopic (exact) mass is 551 g/mol. The van der Waals surface area contributed by atoms with Gasteiger partial charge < -0.3 is 26.0 Å². The lowest BCUT2D eigenvalue weighted by Crippen LogP contribution is -2.24. The lowest BCUT2D eigenvalue weighted by Gasteiger charge is -2.09. The summed E-state index contributed by atoms with van der Waals surface area (Å²) in [5.74, 6) is -0.523. The number of ether oxygens (including phenoxy) is 1. The highest BCUT2D eigenvalue weighted by Gasteiger charge is 2.22. The van der Waals surface area contributed by atoms with Gasteiger partial charge in [-0.2, -0.15) is 0 Å². The Balaban J connectivity index is 0.000000764. The molecule has 10 nitrogen and oxygen atoms in total. The number of pyridine rings is 1. The quantitative estimate of drug-likeness (QED) is 0.360. The van der Waals surface area contributed by atoms with E-state index in [4.69, 9.17) is 27.5 Å². The molecule has 3 rings (SSSR count). The van der Waals surface area contributed by atoms with Gasteiger partial charge in [-0.3, -0.25) is 15.0 Å². The van der Waals surface area contributed by atoms with Crippen molar-refractivity contribution in [1.29, 1.82) is 5.41 Å². The lowest BCUT2D eigenvalue weighted by atomic mass is 10.3. The molecule has 3 heterocycles. The second-order valence-electron chi connectivity index (χ2n) is 6.81. The third-order valence-electron chi connectivity index (χ3n) is 3.93. The molecule has 1 aliphatic rings. The predicted octanol–water partition coefficient (Wildman–Crippen LogP) is 4.84. The van der Waals surface area contributed by atoms with E-state index in [-0.39, 0.29) is 22.5 Å². The van der Waals surface area contributed by atoms with Gasteiger partial charge in [0, 0.05) is 18.9 Å². The molecule has 0 radical (unpaired) electrons. The second-order valence-corrected chi connectivity index (χ2v) is 8.45. The summed E-state index contributed by atoms with van der Waals surface area (Å²) in [6.07, 6.45) is 7.36. The van der Waals surface area contributed by atoms with E-state index >= 15 is 0 Å². The summed E-state index contributed by atoms with van der Waals surface area (Å²) < 4.78 is 4.88. The smallest absolute Gasteiger partial charge is 0.284 e. The molecule has 0 spiro atoms. The van der Waals surface area contributed by atoms with Gasteiger partial charge in [0.2, 0.25) is 0 Å². The number of nitrogens with one attached hydrogen (secondary N) is 3. The zero-order valence-corrected chi connectivity index (χ0v) is 23.7. The van der Waals surface area contributed by atoms with Crippen molar-refractivity contribution in [3.05, 3.63) is 63.9 Å². The standard InChI is InChI=1S/C15H15ClN4O2S.C6H10N2O.C2H7N.C2H6/c1-3-4-7-17-15(22)13-12(19-9(2)23-13)14(21)20-11-6-5-10(16)8-18-11;1-2-3-8-4-5-9-6(8)7;1-2-3;1-2/h4-8H,3H2,1-2H3,(H,17,22)(H,18,20,21);2,7H,1,3-5H2;2-3H2,1H3;1-2H3/b7-4+;;;. The summed E-state index contributed by atoms with van der Waals surface area (Å²) in [7, 11) is 0. The van der Waals surface area contributed by atoms with Crippen LogP contribution in [0.2, 0.25) is 5.02 Å². The van der Waals surface area contributed by atoms with Crippen LogP contribution < -0.4 is 16.4 Å². The summed E-state index contributed by atoms with van der Waals surface area (Å²) in [6.45, 7) is 16.1. The number of amides is 2. The minimum atomic E-state index is -0.492. The molecular weight excluding hydrogens is 514 g/mol. The molecule has 204 valence electrons. The van der Waals surface area contributed by atoms with Crippen molar-refractivity contribution in [3.63, 3.8) is 0 Å². The fourth-order valence-electron chi connectivity index (χ4n) is 2.45. The van der Waals surface area contributed by atoms with Crippen molar-refractivity contribution in [1.82, 2.24) is 20.2 Å². The van der Waals surface area contributed by atoms with Crippen LogP contribution in [0.4, 0.5) is 5.82 Å². The van der Waals surface area contributed by atoms with Gasteiger partial charge >= 0.3 is 0 Å². The Morgan fingerprint density at radius 2 is 2.00 bits per heavy atom. The van der Waals surface area contributed by atoms with E-state index in [1.54, 1.807) is 31.3 Å². The van der Waals surface area contributed by atoms with Crippen LogP contribution in [-0.2, 0) is 4.74 Å². The molecule has 0 unspecified atom stereocenters. The Bertz CT molecular complexity index is 1010. The maximum atomic E-state index is 12.3. The van der Waals surface area contributed by atoms with Crippen molar-refractivity contribution in [3.8, 4) is 0 Å². The number of hydrogen-bond donors (Lipinski definition) is 4. The molecule has 2 aromatic heterocycles. The molecule has 37 heavy (non-hydrogen) atoms. The SMILES string of the molecule is C=CCN1CCOC1=N.CC.CC/C=C/NC(=O)c1sc(C)nc1C(=O)Nc1ccc(Cl)cn1.CCN. The highest BCUT2D eigenvalue weighted by atomic mass is 35.5. The van der Waals surface area contributed by atoms with Crippen LogP contribution in [0.3, 0.4) is 0 Å². The van der Waals surface area contributed by atoms with E-state index in [0.29, 0.717) is 22.5 Å². The van der Waals surface area contributed by atoms with Crippen molar-refractivity contribution in [2.45, 2.75) is 41.0 Å². The molecule has 0 aromatic carbocycles. The fraction of sp³-hybridized carbons (Fsp3) is 0.400. The summed E-state index contributed by atoms with van der Waals surface area (Å²) in [5, 5.41) is 13.5. The van der Waals surface area contributed by atoms with Gasteiger partial charge in [-0.25, -0.2) is 9.97 Å². The predicted molar refractivity (Wildman–Crippen MR) is 152 cm³/mol. The Kier molecular flexibility index (Phi) is 18.1. The molecular formula is C25H38ClN7O3S. The first kappa shape index (κ1) is 33.7. The van der Waals surface area contributed by atoms with Gasteiger partial charge in [-0.15, -0.1) is 17.9 Å². The number of nitrogens with two attached hydrogens (primary N) is 1. The highest BCUT2D eigenvalue weighted by molar-refractivity contribution is 7.14. The Labute approximate surface area is 228 Å². The second kappa shape index (κ2) is 19.9. The molecule has 1 aliphatic heterocycles. The van der Waals surface area contributed by atoms with Crippen LogP contribution in [0.5, 0.6) is 0 Å². The summed E-state index contributed by atoms with van der Waals surface area (Å²) >= 11 is 6.91. The zero-order valence-electron chi connectivity index (χ0n) is 22.1. The number of allylic oxidation sites excluding steroid dienone is 1. The minimum absolute atomic E-state index is 0.0756. The normalized spacial score (nSPS) is 11.6. The third kappa shape index (κ3) is 13.0. The molecule has 2 amide bonds. The van der Waals surface area contributed by atoms with Gasteiger partial charge in [0.15, 0.2) is 5.69 Å². The molecule has 12 heteroatoms. The largest absolute Gasteiger partial charge is 0.463 e. The fourth-order valence-corrected chi connectivity index (χ4v) is 3.38. The molecule has 0 aliphatic carbocycles. The van der Waals surface area contributed by atoms with E-state index in [1.807, 2.05) is 38.7 Å². The number of anilines is 1. The van der Waals surface area contributed by atoms with Gasteiger partial charge in [-0.05, 0) is 32.0 Å². The van der Waals surface area contributed by atoms with Gasteiger partial charge in [0.1, 0.15) is 17.3 Å². The molecule has 0 atom stereocenters. The summed E-state index contributed by atoms with van der Waals surface area (Å²) in [4.78, 5) is 34.7. The maximum Gasteiger partial charge on any atom is 0.284 e. The van der Waals surface area contributed by atoms with Crippen LogP contribution in [0.15, 0.2) is 43.3 Å². The first-order chi connectivity index (χ1) is 17.8. The molecule has 5 N–H and O–H groups in total. The third-order valence-corrected chi connectivity index (χ3v) is 5.12. The van der Waals surface area contributed by atoms with E-state index in [0.717, 1.165) is 37.4 Å². The van der Waals surface area contributed by atoms with Crippen LogP contribution in [0.25, 0.3) is 0 Å². The minimum Gasteiger partial charge on any atom is -0.463 e. The van der Waals surface area contributed by atoms with E-state index in [2.05, 4.69) is 27.2 Å². The van der Waals surface area contributed by atoms with Crippen molar-refractivity contribution < 1.29 is 14.3 Å². The first-order valence-corrected chi connectivity index (χ1v) is 13.1. The summed E-state index contributed by atoms with van der Waals surface area (Å²) in [5.41, 5.74) is 4.92. The average molecular weight is 552 g/mol. The van der Waals surface area contributed by atoms with Crippen LogP contribution in [0.1, 0.15) is 59.3 Å². The lowest BCUT2D eigenvalue weighted by molar-refractivity contribution is 0.0956. The number of halogens is 1. The van der Waals surface area contributed by atoms with Crippen LogP contribution in [0, 0.1) is 12.3 Å².